The van der Waals surface area contributed by atoms with Crippen molar-refractivity contribution in [2.75, 3.05) is 0 Å². The number of furan rings is 1. The molecule has 0 bridgehead atoms. The lowest BCUT2D eigenvalue weighted by Gasteiger charge is -2.05. The van der Waals surface area contributed by atoms with Gasteiger partial charge in [-0.2, -0.15) is 0 Å². The van der Waals surface area contributed by atoms with Gasteiger partial charge in [0.05, 0.1) is 6.26 Å². The van der Waals surface area contributed by atoms with Gasteiger partial charge in [0.2, 0.25) is 10.0 Å². The minimum atomic E-state index is -3.51. The van der Waals surface area contributed by atoms with Crippen LogP contribution in [0, 0.1) is 0 Å². The van der Waals surface area contributed by atoms with Crippen molar-refractivity contribution in [1.29, 1.82) is 0 Å². The molecule has 0 saturated heterocycles. The van der Waals surface area contributed by atoms with Crippen LogP contribution in [0.2, 0.25) is 0 Å². The largest absolute Gasteiger partial charge is 0.466 e. The Balaban J connectivity index is 1.67. The summed E-state index contributed by atoms with van der Waals surface area (Å²) in [4.78, 5) is 2.57. The molecule has 0 fully saturated rings. The standard InChI is InChI=1S/C16H17NO4S3/c1-2-11-6-8-15(23-11)24(19,20)17-10-12-5-7-14(22-12)16(18)13-4-3-9-21-13/h3-9,16-18H,2,10H2,1H3/t16-/m1/s1. The molecule has 0 aliphatic rings. The molecular weight excluding hydrogens is 366 g/mol. The SMILES string of the molecule is CCc1ccc(S(=O)(=O)NCc2ccc([C@H](O)c3ccco3)s2)s1. The molecule has 1 atom stereocenters. The number of aryl methyl sites for hydroxylation is 1. The lowest BCUT2D eigenvalue weighted by molar-refractivity contribution is 0.193. The van der Waals surface area contributed by atoms with Gasteiger partial charge in [0.15, 0.2) is 0 Å². The van der Waals surface area contributed by atoms with Gasteiger partial charge >= 0.3 is 0 Å². The van der Waals surface area contributed by atoms with E-state index in [-0.39, 0.29) is 6.54 Å². The van der Waals surface area contributed by atoms with Crippen LogP contribution in [-0.4, -0.2) is 13.5 Å². The van der Waals surface area contributed by atoms with Crippen molar-refractivity contribution in [3.63, 3.8) is 0 Å². The summed E-state index contributed by atoms with van der Waals surface area (Å²) in [5, 5.41) is 10.2. The number of hydrogen-bond donors (Lipinski definition) is 2. The number of hydrogen-bond acceptors (Lipinski definition) is 6. The number of rotatable bonds is 7. The second kappa shape index (κ2) is 7.20. The van der Waals surface area contributed by atoms with Gasteiger partial charge in [-0.1, -0.05) is 6.92 Å². The number of aliphatic hydroxyl groups is 1. The van der Waals surface area contributed by atoms with E-state index in [9.17, 15) is 13.5 Å². The monoisotopic (exact) mass is 383 g/mol. The Bertz CT molecular complexity index is 894. The van der Waals surface area contributed by atoms with E-state index < -0.39 is 16.1 Å². The molecule has 0 aromatic carbocycles. The van der Waals surface area contributed by atoms with Gasteiger partial charge in [0.25, 0.3) is 0 Å². The van der Waals surface area contributed by atoms with E-state index in [1.807, 2.05) is 13.0 Å². The maximum absolute atomic E-state index is 12.3. The van der Waals surface area contributed by atoms with Crippen LogP contribution in [0.4, 0.5) is 0 Å². The highest BCUT2D eigenvalue weighted by Crippen LogP contribution is 2.29. The normalized spacial score (nSPS) is 13.2. The molecule has 24 heavy (non-hydrogen) atoms. The maximum atomic E-state index is 12.3. The summed E-state index contributed by atoms with van der Waals surface area (Å²) in [6, 6.07) is 10.5. The van der Waals surface area contributed by atoms with Crippen molar-refractivity contribution < 1.29 is 17.9 Å². The third-order valence-corrected chi connectivity index (χ3v) is 7.71. The van der Waals surface area contributed by atoms with Crippen LogP contribution in [0.3, 0.4) is 0 Å². The van der Waals surface area contributed by atoms with Crippen LogP contribution in [-0.2, 0) is 23.0 Å². The van der Waals surface area contributed by atoms with Gasteiger partial charge in [-0.3, -0.25) is 0 Å². The number of nitrogens with one attached hydrogen (secondary N) is 1. The molecule has 3 aromatic rings. The Morgan fingerprint density at radius 2 is 1.96 bits per heavy atom. The van der Waals surface area contributed by atoms with Crippen LogP contribution in [0.1, 0.15) is 33.4 Å². The van der Waals surface area contributed by atoms with Crippen LogP contribution in [0.15, 0.2) is 51.3 Å². The third kappa shape index (κ3) is 3.79. The van der Waals surface area contributed by atoms with E-state index in [2.05, 4.69) is 4.72 Å². The molecule has 3 aromatic heterocycles. The van der Waals surface area contributed by atoms with Gasteiger partial charge < -0.3 is 9.52 Å². The molecule has 0 aliphatic carbocycles. The van der Waals surface area contributed by atoms with Crippen molar-refractivity contribution in [3.8, 4) is 0 Å². The van der Waals surface area contributed by atoms with E-state index in [0.717, 1.165) is 16.2 Å². The zero-order valence-corrected chi connectivity index (χ0v) is 15.4. The van der Waals surface area contributed by atoms with Crippen molar-refractivity contribution in [2.24, 2.45) is 0 Å². The summed E-state index contributed by atoms with van der Waals surface area (Å²) in [5.41, 5.74) is 0. The smallest absolute Gasteiger partial charge is 0.250 e. The quantitative estimate of drug-likeness (QED) is 0.654. The first kappa shape index (κ1) is 17.4. The lowest BCUT2D eigenvalue weighted by atomic mass is 10.2. The van der Waals surface area contributed by atoms with E-state index in [4.69, 9.17) is 4.42 Å². The highest BCUT2D eigenvalue weighted by atomic mass is 32.2. The Morgan fingerprint density at radius 3 is 2.62 bits per heavy atom. The van der Waals surface area contributed by atoms with Gasteiger partial charge in [-0.25, -0.2) is 13.1 Å². The highest BCUT2D eigenvalue weighted by Gasteiger charge is 2.18. The Morgan fingerprint density at radius 1 is 1.17 bits per heavy atom. The summed E-state index contributed by atoms with van der Waals surface area (Å²) in [5.74, 6) is 0.467. The molecule has 0 unspecified atom stereocenters. The number of aliphatic hydroxyl groups excluding tert-OH is 1. The summed E-state index contributed by atoms with van der Waals surface area (Å²) in [7, 11) is -3.51. The number of sulfonamides is 1. The molecule has 0 spiro atoms. The predicted molar refractivity (Wildman–Crippen MR) is 94.8 cm³/mol. The zero-order valence-electron chi connectivity index (χ0n) is 12.9. The van der Waals surface area contributed by atoms with Crippen molar-refractivity contribution in [2.45, 2.75) is 30.2 Å². The molecule has 2 N–H and O–H groups in total. The van der Waals surface area contributed by atoms with Crippen LogP contribution >= 0.6 is 22.7 Å². The minimum absolute atomic E-state index is 0.192. The summed E-state index contributed by atoms with van der Waals surface area (Å²) < 4.78 is 32.7. The molecule has 3 rings (SSSR count). The van der Waals surface area contributed by atoms with Crippen LogP contribution in [0.5, 0.6) is 0 Å². The summed E-state index contributed by atoms with van der Waals surface area (Å²) in [6.45, 7) is 2.18. The molecule has 0 aliphatic heterocycles. The molecule has 0 amide bonds. The Labute approximate surface area is 148 Å². The molecule has 5 nitrogen and oxygen atoms in total. The van der Waals surface area contributed by atoms with Crippen molar-refractivity contribution in [1.82, 2.24) is 4.72 Å². The third-order valence-electron chi connectivity index (χ3n) is 3.45. The molecule has 0 saturated carbocycles. The Kier molecular flexibility index (Phi) is 5.21. The van der Waals surface area contributed by atoms with E-state index >= 15 is 0 Å². The second-order valence-corrected chi connectivity index (χ2v) is 9.48. The predicted octanol–water partition coefficient (Wildman–Crippen LogP) is 3.53. The first-order valence-corrected chi connectivity index (χ1v) is 10.5. The van der Waals surface area contributed by atoms with Gasteiger partial charge in [0.1, 0.15) is 16.1 Å². The summed E-state index contributed by atoms with van der Waals surface area (Å²) >= 11 is 2.64. The first-order valence-electron chi connectivity index (χ1n) is 7.38. The molecule has 3 heterocycles. The van der Waals surface area contributed by atoms with E-state index in [0.29, 0.717) is 14.8 Å². The lowest BCUT2D eigenvalue weighted by Crippen LogP contribution is -2.21. The Hall–Kier alpha value is -1.45. The fourth-order valence-electron chi connectivity index (χ4n) is 2.15. The molecule has 8 heteroatoms. The highest BCUT2D eigenvalue weighted by molar-refractivity contribution is 7.91. The van der Waals surface area contributed by atoms with E-state index in [1.54, 1.807) is 30.3 Å². The van der Waals surface area contributed by atoms with E-state index in [1.165, 1.54) is 28.9 Å². The second-order valence-electron chi connectivity index (χ2n) is 5.12. The maximum Gasteiger partial charge on any atom is 0.250 e. The molecular formula is C16H17NO4S3. The van der Waals surface area contributed by atoms with Crippen molar-refractivity contribution >= 4 is 32.7 Å². The van der Waals surface area contributed by atoms with Crippen molar-refractivity contribution in [3.05, 3.63) is 63.1 Å². The fourth-order valence-corrected chi connectivity index (χ4v) is 5.54. The van der Waals surface area contributed by atoms with Gasteiger partial charge in [0, 0.05) is 21.2 Å². The summed E-state index contributed by atoms with van der Waals surface area (Å²) in [6.07, 6.45) is 1.49. The fraction of sp³-hybridized carbons (Fsp3) is 0.250. The molecule has 128 valence electrons. The average molecular weight is 384 g/mol. The van der Waals surface area contributed by atoms with Crippen LogP contribution < -0.4 is 4.72 Å². The zero-order chi connectivity index (χ0) is 17.2. The average Bonchev–Trinajstić information content (AvgIpc) is 3.33. The minimum Gasteiger partial charge on any atom is -0.466 e. The van der Waals surface area contributed by atoms with Gasteiger partial charge in [-0.15, -0.1) is 22.7 Å². The topological polar surface area (TPSA) is 79.5 Å². The first-order chi connectivity index (χ1) is 11.5. The van der Waals surface area contributed by atoms with Gasteiger partial charge in [-0.05, 0) is 42.8 Å². The number of thiophene rings is 2. The van der Waals surface area contributed by atoms with Crippen LogP contribution in [0.25, 0.3) is 0 Å². The molecule has 0 radical (unpaired) electrons.